The molecule has 1 unspecified atom stereocenters. The second kappa shape index (κ2) is 10.2. The van der Waals surface area contributed by atoms with Gasteiger partial charge in [-0.05, 0) is 24.7 Å². The lowest BCUT2D eigenvalue weighted by Crippen LogP contribution is -2.49. The van der Waals surface area contributed by atoms with Crippen LogP contribution < -0.4 is 10.6 Å². The van der Waals surface area contributed by atoms with Crippen molar-refractivity contribution in [2.24, 2.45) is 17.8 Å². The molecule has 0 fully saturated rings. The minimum atomic E-state index is -0.615. The predicted octanol–water partition coefficient (Wildman–Crippen LogP) is 0.773. The Morgan fingerprint density at radius 3 is 2.05 bits per heavy atom. The van der Waals surface area contributed by atoms with Gasteiger partial charge in [-0.15, -0.1) is 0 Å². The molecule has 128 valence electrons. The summed E-state index contributed by atoms with van der Waals surface area (Å²) in [7, 11) is 1.52. The highest BCUT2D eigenvalue weighted by molar-refractivity contribution is 5.88. The van der Waals surface area contributed by atoms with Crippen molar-refractivity contribution in [3.63, 3.8) is 0 Å². The van der Waals surface area contributed by atoms with E-state index in [4.69, 9.17) is 0 Å². The van der Waals surface area contributed by atoms with Gasteiger partial charge in [0.15, 0.2) is 0 Å². The highest BCUT2D eigenvalue weighted by Gasteiger charge is 2.27. The minimum Gasteiger partial charge on any atom is -0.357 e. The SMILES string of the molecule is CNC(=O)[C@H](CC(C)C)NC(=O)C(CC(C)C)CN(O)C=O. The van der Waals surface area contributed by atoms with E-state index in [2.05, 4.69) is 10.6 Å². The Morgan fingerprint density at radius 1 is 1.09 bits per heavy atom. The lowest BCUT2D eigenvalue weighted by Gasteiger charge is -2.25. The average Bonchev–Trinajstić information content (AvgIpc) is 2.43. The summed E-state index contributed by atoms with van der Waals surface area (Å²) in [6.07, 6.45) is 1.31. The standard InChI is InChI=1S/C15H29N3O4/c1-10(2)6-12(8-18(22)9-19)14(20)17-13(7-11(3)4)15(21)16-5/h9-13,22H,6-8H2,1-5H3,(H,16,21)(H,17,20)/t12?,13-/m0/s1. The van der Waals surface area contributed by atoms with E-state index in [1.807, 2.05) is 27.7 Å². The first-order valence-electron chi connectivity index (χ1n) is 7.64. The van der Waals surface area contributed by atoms with Gasteiger partial charge >= 0.3 is 0 Å². The Labute approximate surface area is 132 Å². The number of hydrogen-bond acceptors (Lipinski definition) is 4. The van der Waals surface area contributed by atoms with Gasteiger partial charge in [0, 0.05) is 7.05 Å². The van der Waals surface area contributed by atoms with Crippen molar-refractivity contribution in [1.82, 2.24) is 15.7 Å². The third kappa shape index (κ3) is 7.97. The number of amides is 3. The molecule has 3 N–H and O–H groups in total. The quantitative estimate of drug-likeness (QED) is 0.315. The Kier molecular flexibility index (Phi) is 9.40. The van der Waals surface area contributed by atoms with E-state index in [1.165, 1.54) is 7.05 Å². The number of hydroxylamine groups is 2. The van der Waals surface area contributed by atoms with Crippen LogP contribution in [0, 0.1) is 17.8 Å². The Bertz CT molecular complexity index is 372. The van der Waals surface area contributed by atoms with Crippen molar-refractivity contribution in [2.75, 3.05) is 13.6 Å². The second-order valence-corrected chi connectivity index (χ2v) is 6.36. The lowest BCUT2D eigenvalue weighted by atomic mass is 9.95. The topological polar surface area (TPSA) is 98.7 Å². The molecule has 0 aliphatic heterocycles. The van der Waals surface area contributed by atoms with Crippen molar-refractivity contribution >= 4 is 18.2 Å². The largest absolute Gasteiger partial charge is 0.357 e. The Morgan fingerprint density at radius 2 is 1.64 bits per heavy atom. The molecule has 0 heterocycles. The molecule has 0 aliphatic rings. The summed E-state index contributed by atoms with van der Waals surface area (Å²) in [6, 6.07) is -0.615. The monoisotopic (exact) mass is 315 g/mol. The highest BCUT2D eigenvalue weighted by atomic mass is 16.5. The summed E-state index contributed by atoms with van der Waals surface area (Å²) in [5.41, 5.74) is 0. The molecule has 0 aromatic carbocycles. The summed E-state index contributed by atoms with van der Waals surface area (Å²) in [5.74, 6) is -0.672. The van der Waals surface area contributed by atoms with Gasteiger partial charge in [0.25, 0.3) is 0 Å². The normalized spacial score (nSPS) is 13.6. The van der Waals surface area contributed by atoms with Crippen LogP contribution in [0.1, 0.15) is 40.5 Å². The van der Waals surface area contributed by atoms with Gasteiger partial charge in [-0.25, -0.2) is 5.06 Å². The van der Waals surface area contributed by atoms with E-state index in [9.17, 15) is 19.6 Å². The van der Waals surface area contributed by atoms with E-state index < -0.39 is 12.0 Å². The molecular formula is C15H29N3O4. The molecule has 0 radical (unpaired) electrons. The van der Waals surface area contributed by atoms with Gasteiger partial charge in [-0.1, -0.05) is 27.7 Å². The van der Waals surface area contributed by atoms with Gasteiger partial charge in [-0.2, -0.15) is 0 Å². The third-order valence-electron chi connectivity index (χ3n) is 3.24. The highest BCUT2D eigenvalue weighted by Crippen LogP contribution is 2.14. The molecule has 7 nitrogen and oxygen atoms in total. The summed E-state index contributed by atoms with van der Waals surface area (Å²) >= 11 is 0. The van der Waals surface area contributed by atoms with Gasteiger partial charge < -0.3 is 10.6 Å². The molecule has 0 aromatic rings. The molecular weight excluding hydrogens is 286 g/mol. The summed E-state index contributed by atoms with van der Waals surface area (Å²) in [5, 5.41) is 15.1. The molecule has 0 saturated heterocycles. The van der Waals surface area contributed by atoms with E-state index in [0.717, 1.165) is 0 Å². The fourth-order valence-electron chi connectivity index (χ4n) is 2.27. The van der Waals surface area contributed by atoms with Crippen LogP contribution in [0.3, 0.4) is 0 Å². The second-order valence-electron chi connectivity index (χ2n) is 6.36. The van der Waals surface area contributed by atoms with E-state index >= 15 is 0 Å². The molecule has 3 amide bonds. The first-order chi connectivity index (χ1) is 10.2. The minimum absolute atomic E-state index is 0.0876. The maximum absolute atomic E-state index is 12.4. The van der Waals surface area contributed by atoms with E-state index in [0.29, 0.717) is 17.9 Å². The van der Waals surface area contributed by atoms with Gasteiger partial charge in [0.05, 0.1) is 12.5 Å². The number of nitrogens with zero attached hydrogens (tertiary/aromatic N) is 1. The van der Waals surface area contributed by atoms with E-state index in [-0.39, 0.29) is 36.6 Å². The van der Waals surface area contributed by atoms with Crippen molar-refractivity contribution in [3.05, 3.63) is 0 Å². The van der Waals surface area contributed by atoms with Gasteiger partial charge in [-0.3, -0.25) is 19.6 Å². The van der Waals surface area contributed by atoms with Crippen LogP contribution in [-0.4, -0.2) is 48.1 Å². The third-order valence-corrected chi connectivity index (χ3v) is 3.24. The van der Waals surface area contributed by atoms with Crippen molar-refractivity contribution in [2.45, 2.75) is 46.6 Å². The van der Waals surface area contributed by atoms with Gasteiger partial charge in [0.2, 0.25) is 18.2 Å². The van der Waals surface area contributed by atoms with Crippen LogP contribution in [0.2, 0.25) is 0 Å². The fraction of sp³-hybridized carbons (Fsp3) is 0.800. The molecule has 0 aliphatic carbocycles. The van der Waals surface area contributed by atoms with Crippen LogP contribution in [0.4, 0.5) is 0 Å². The first-order valence-corrected chi connectivity index (χ1v) is 7.64. The molecule has 0 saturated carbocycles. The van der Waals surface area contributed by atoms with Crippen molar-refractivity contribution < 1.29 is 19.6 Å². The summed E-state index contributed by atoms with van der Waals surface area (Å²) in [4.78, 5) is 34.8. The maximum atomic E-state index is 12.4. The summed E-state index contributed by atoms with van der Waals surface area (Å²) < 4.78 is 0. The number of rotatable bonds is 10. The summed E-state index contributed by atoms with van der Waals surface area (Å²) in [6.45, 7) is 7.75. The zero-order chi connectivity index (χ0) is 17.3. The molecule has 7 heteroatoms. The maximum Gasteiger partial charge on any atom is 0.242 e. The molecule has 0 rings (SSSR count). The molecule has 0 bridgehead atoms. The fourth-order valence-corrected chi connectivity index (χ4v) is 2.27. The number of likely N-dealkylation sites (N-methyl/N-ethyl adjacent to an activating group) is 1. The van der Waals surface area contributed by atoms with Crippen LogP contribution in [0.5, 0.6) is 0 Å². The number of carbonyl (C=O) groups excluding carboxylic acids is 3. The van der Waals surface area contributed by atoms with Crippen LogP contribution >= 0.6 is 0 Å². The van der Waals surface area contributed by atoms with E-state index in [1.54, 1.807) is 0 Å². The van der Waals surface area contributed by atoms with Crippen molar-refractivity contribution in [1.29, 1.82) is 0 Å². The molecule has 2 atom stereocenters. The predicted molar refractivity (Wildman–Crippen MR) is 83.0 cm³/mol. The number of carbonyl (C=O) groups is 3. The van der Waals surface area contributed by atoms with Crippen molar-refractivity contribution in [3.8, 4) is 0 Å². The molecule has 0 aromatic heterocycles. The smallest absolute Gasteiger partial charge is 0.242 e. The molecule has 22 heavy (non-hydrogen) atoms. The Balaban J connectivity index is 4.93. The lowest BCUT2D eigenvalue weighted by molar-refractivity contribution is -0.155. The van der Waals surface area contributed by atoms with Crippen LogP contribution in [0.15, 0.2) is 0 Å². The zero-order valence-corrected chi connectivity index (χ0v) is 14.1. The first kappa shape index (κ1) is 20.4. The molecule has 0 spiro atoms. The van der Waals surface area contributed by atoms with Crippen LogP contribution in [0.25, 0.3) is 0 Å². The number of nitrogens with one attached hydrogen (secondary N) is 2. The average molecular weight is 315 g/mol. The van der Waals surface area contributed by atoms with Gasteiger partial charge in [0.1, 0.15) is 6.04 Å². The number of hydrogen-bond donors (Lipinski definition) is 3. The Hall–Kier alpha value is -1.63. The zero-order valence-electron chi connectivity index (χ0n) is 14.1. The van der Waals surface area contributed by atoms with Crippen LogP contribution in [-0.2, 0) is 14.4 Å².